The van der Waals surface area contributed by atoms with Crippen molar-refractivity contribution in [1.29, 1.82) is 0 Å². The number of nitrogens with zero attached hydrogens (tertiary/aromatic N) is 2. The van der Waals surface area contributed by atoms with E-state index >= 15 is 0 Å². The molecule has 1 aromatic heterocycles. The first kappa shape index (κ1) is 10.7. The van der Waals surface area contributed by atoms with Crippen LogP contribution in [0.15, 0.2) is 46.5 Å². The molecule has 4 nitrogen and oxygen atoms in total. The lowest BCUT2D eigenvalue weighted by atomic mass is 10.4. The van der Waals surface area contributed by atoms with Gasteiger partial charge in [0.2, 0.25) is 15.8 Å². The average Bonchev–Trinajstić information content (AvgIpc) is 2.30. The maximum atomic E-state index is 13.2. The average molecular weight is 237 g/mol. The first-order chi connectivity index (χ1) is 7.62. The molecular formula is C10H6FN2O2S. The van der Waals surface area contributed by atoms with Gasteiger partial charge in [-0.1, -0.05) is 18.2 Å². The van der Waals surface area contributed by atoms with E-state index in [1.807, 2.05) is 0 Å². The summed E-state index contributed by atoms with van der Waals surface area (Å²) >= 11 is 0. The van der Waals surface area contributed by atoms with Gasteiger partial charge >= 0.3 is 0 Å². The van der Waals surface area contributed by atoms with Gasteiger partial charge < -0.3 is 0 Å². The number of benzene rings is 1. The fraction of sp³-hybridized carbons (Fsp3) is 0. The van der Waals surface area contributed by atoms with Gasteiger partial charge in [0.25, 0.3) is 0 Å². The van der Waals surface area contributed by atoms with Crippen molar-refractivity contribution in [3.63, 3.8) is 0 Å². The van der Waals surface area contributed by atoms with Gasteiger partial charge in [-0.15, -0.1) is 0 Å². The molecule has 6 heteroatoms. The summed E-state index contributed by atoms with van der Waals surface area (Å²) in [6, 6.07) is 7.51. The number of sulfone groups is 1. The Labute approximate surface area is 91.7 Å². The molecule has 1 heterocycles. The van der Waals surface area contributed by atoms with E-state index in [-0.39, 0.29) is 4.90 Å². The maximum absolute atomic E-state index is 13.2. The number of halogens is 1. The Kier molecular flexibility index (Phi) is 2.66. The van der Waals surface area contributed by atoms with Crippen LogP contribution in [0.2, 0.25) is 0 Å². The molecule has 0 unspecified atom stereocenters. The van der Waals surface area contributed by atoms with Gasteiger partial charge in [0, 0.05) is 0 Å². The molecule has 0 N–H and O–H groups in total. The second kappa shape index (κ2) is 3.97. The smallest absolute Gasteiger partial charge is 0.233 e. The van der Waals surface area contributed by atoms with Gasteiger partial charge in [-0.25, -0.2) is 18.4 Å². The van der Waals surface area contributed by atoms with E-state index in [1.165, 1.54) is 12.1 Å². The molecule has 0 amide bonds. The van der Waals surface area contributed by atoms with Gasteiger partial charge in [0.1, 0.15) is 12.5 Å². The van der Waals surface area contributed by atoms with Crippen molar-refractivity contribution in [2.45, 2.75) is 9.79 Å². The first-order valence-corrected chi connectivity index (χ1v) is 5.79. The molecule has 0 aliphatic carbocycles. The van der Waals surface area contributed by atoms with Crippen LogP contribution in [0.1, 0.15) is 0 Å². The molecule has 2 aromatic rings. The fourth-order valence-corrected chi connectivity index (χ4v) is 2.36. The van der Waals surface area contributed by atoms with Crippen LogP contribution in [0.4, 0.5) is 4.39 Å². The van der Waals surface area contributed by atoms with E-state index in [9.17, 15) is 12.8 Å². The van der Waals surface area contributed by atoms with E-state index in [2.05, 4.69) is 16.2 Å². The van der Waals surface area contributed by atoms with Crippen molar-refractivity contribution >= 4 is 9.84 Å². The van der Waals surface area contributed by atoms with E-state index in [0.29, 0.717) is 0 Å². The molecule has 1 aromatic carbocycles. The Morgan fingerprint density at radius 3 is 2.50 bits per heavy atom. The number of hydrogen-bond donors (Lipinski definition) is 0. The van der Waals surface area contributed by atoms with Crippen LogP contribution >= 0.6 is 0 Å². The Hall–Kier alpha value is -1.82. The van der Waals surface area contributed by atoms with Crippen LogP contribution in [0, 0.1) is 12.1 Å². The predicted octanol–water partition coefficient (Wildman–Crippen LogP) is 1.25. The highest BCUT2D eigenvalue weighted by Crippen LogP contribution is 2.20. The summed E-state index contributed by atoms with van der Waals surface area (Å²) in [6.45, 7) is 0. The Bertz CT molecular complexity index is 599. The van der Waals surface area contributed by atoms with E-state index < -0.39 is 20.7 Å². The Morgan fingerprint density at radius 1 is 1.19 bits per heavy atom. The largest absolute Gasteiger partial charge is 0.235 e. The van der Waals surface area contributed by atoms with Gasteiger partial charge in [0.05, 0.1) is 4.90 Å². The van der Waals surface area contributed by atoms with Crippen LogP contribution in [-0.2, 0) is 9.84 Å². The summed E-state index contributed by atoms with van der Waals surface area (Å²) in [5.74, 6) is -1.10. The zero-order chi connectivity index (χ0) is 11.6. The zero-order valence-corrected chi connectivity index (χ0v) is 8.78. The summed E-state index contributed by atoms with van der Waals surface area (Å²) in [5.41, 5.74) is 0. The second-order valence-electron chi connectivity index (χ2n) is 2.92. The van der Waals surface area contributed by atoms with Crippen LogP contribution in [-0.4, -0.2) is 18.4 Å². The van der Waals surface area contributed by atoms with Gasteiger partial charge in [0.15, 0.2) is 4.90 Å². The Morgan fingerprint density at radius 2 is 1.88 bits per heavy atom. The SMILES string of the molecule is O=S(=O)(c1ccccc1)c1[c]ncnc1F. The highest BCUT2D eigenvalue weighted by Gasteiger charge is 2.22. The molecule has 81 valence electrons. The van der Waals surface area contributed by atoms with Gasteiger partial charge in [-0.3, -0.25) is 0 Å². The van der Waals surface area contributed by atoms with Crippen molar-refractivity contribution in [1.82, 2.24) is 9.97 Å². The third kappa shape index (κ3) is 1.79. The fourth-order valence-electron chi connectivity index (χ4n) is 1.16. The molecule has 0 bridgehead atoms. The summed E-state index contributed by atoms with van der Waals surface area (Å²) in [4.78, 5) is 5.91. The lowest BCUT2D eigenvalue weighted by molar-refractivity contribution is 0.532. The molecule has 0 aliphatic rings. The van der Waals surface area contributed by atoms with E-state index in [1.54, 1.807) is 18.2 Å². The standard InChI is InChI=1S/C10H6FN2O2S/c11-10-9(6-12-7-13-10)16(14,15)8-4-2-1-3-5-8/h1-5,7H. The molecule has 2 rings (SSSR count). The predicted molar refractivity (Wildman–Crippen MR) is 52.7 cm³/mol. The summed E-state index contributed by atoms with van der Waals surface area (Å²) in [7, 11) is -3.93. The monoisotopic (exact) mass is 237 g/mol. The number of hydrogen-bond acceptors (Lipinski definition) is 4. The van der Waals surface area contributed by atoms with E-state index in [4.69, 9.17) is 0 Å². The van der Waals surface area contributed by atoms with Crippen molar-refractivity contribution < 1.29 is 12.8 Å². The molecule has 0 aliphatic heterocycles. The van der Waals surface area contributed by atoms with Crippen molar-refractivity contribution in [3.8, 4) is 0 Å². The summed E-state index contributed by atoms with van der Waals surface area (Å²) in [6.07, 6.45) is 3.00. The third-order valence-electron chi connectivity index (χ3n) is 1.90. The highest BCUT2D eigenvalue weighted by molar-refractivity contribution is 7.91. The van der Waals surface area contributed by atoms with Crippen LogP contribution < -0.4 is 0 Å². The first-order valence-electron chi connectivity index (χ1n) is 4.30. The van der Waals surface area contributed by atoms with Crippen LogP contribution in [0.5, 0.6) is 0 Å². The van der Waals surface area contributed by atoms with Crippen molar-refractivity contribution in [2.24, 2.45) is 0 Å². The molecule has 16 heavy (non-hydrogen) atoms. The zero-order valence-electron chi connectivity index (χ0n) is 7.96. The van der Waals surface area contributed by atoms with Crippen molar-refractivity contribution in [3.05, 3.63) is 48.8 Å². The third-order valence-corrected chi connectivity index (χ3v) is 3.59. The molecule has 0 spiro atoms. The van der Waals surface area contributed by atoms with E-state index in [0.717, 1.165) is 6.33 Å². The summed E-state index contributed by atoms with van der Waals surface area (Å²) < 4.78 is 37.0. The second-order valence-corrected chi connectivity index (χ2v) is 4.81. The lowest BCUT2D eigenvalue weighted by Crippen LogP contribution is -2.06. The Balaban J connectivity index is 2.62. The van der Waals surface area contributed by atoms with Crippen LogP contribution in [0.3, 0.4) is 0 Å². The molecular weight excluding hydrogens is 231 g/mol. The number of aromatic nitrogens is 2. The molecule has 0 saturated carbocycles. The van der Waals surface area contributed by atoms with Crippen molar-refractivity contribution in [2.75, 3.05) is 0 Å². The minimum atomic E-state index is -3.93. The highest BCUT2D eigenvalue weighted by atomic mass is 32.2. The lowest BCUT2D eigenvalue weighted by Gasteiger charge is -2.02. The van der Waals surface area contributed by atoms with Gasteiger partial charge in [-0.2, -0.15) is 4.39 Å². The summed E-state index contributed by atoms with van der Waals surface area (Å²) in [5, 5.41) is 0. The minimum absolute atomic E-state index is 0.0139. The van der Waals surface area contributed by atoms with Gasteiger partial charge in [-0.05, 0) is 12.1 Å². The number of rotatable bonds is 2. The molecule has 0 atom stereocenters. The molecule has 0 saturated heterocycles. The minimum Gasteiger partial charge on any atom is -0.233 e. The normalized spacial score (nSPS) is 11.3. The topological polar surface area (TPSA) is 59.9 Å². The molecule has 0 fully saturated rings. The maximum Gasteiger partial charge on any atom is 0.235 e. The quantitative estimate of drug-likeness (QED) is 0.737. The van der Waals surface area contributed by atoms with Crippen LogP contribution in [0.25, 0.3) is 0 Å². The molecule has 1 radical (unpaired) electrons.